The first-order valence-electron chi connectivity index (χ1n) is 8.61. The van der Waals surface area contributed by atoms with Gasteiger partial charge in [0.05, 0.1) is 5.75 Å². The molecular formula is C20H22N4O2S. The standard InChI is InChI=1S/C20H22N4O2S/c1-15-8-10-16(11-9-15)12-21-19(25)14-27-20-23-22-18(13-26-2)24(20)17-6-4-3-5-7-17/h3-11H,12-14H2,1-2H3,(H,21,25). The van der Waals surface area contributed by atoms with E-state index in [1.54, 1.807) is 7.11 Å². The summed E-state index contributed by atoms with van der Waals surface area (Å²) in [6.07, 6.45) is 0. The summed E-state index contributed by atoms with van der Waals surface area (Å²) in [6, 6.07) is 17.9. The zero-order chi connectivity index (χ0) is 19.1. The Kier molecular flexibility index (Phi) is 6.62. The van der Waals surface area contributed by atoms with Crippen molar-refractivity contribution in [1.82, 2.24) is 20.1 Å². The number of carbonyl (C=O) groups is 1. The number of hydrogen-bond acceptors (Lipinski definition) is 5. The van der Waals surface area contributed by atoms with Crippen molar-refractivity contribution in [3.63, 3.8) is 0 Å². The van der Waals surface area contributed by atoms with E-state index in [1.165, 1.54) is 17.3 Å². The van der Waals surface area contributed by atoms with Crippen molar-refractivity contribution in [2.24, 2.45) is 0 Å². The predicted molar refractivity (Wildman–Crippen MR) is 106 cm³/mol. The Hall–Kier alpha value is -2.64. The van der Waals surface area contributed by atoms with E-state index in [9.17, 15) is 4.79 Å². The number of nitrogens with one attached hydrogen (secondary N) is 1. The highest BCUT2D eigenvalue weighted by Crippen LogP contribution is 2.22. The number of ether oxygens (including phenoxy) is 1. The third kappa shape index (κ3) is 5.18. The van der Waals surface area contributed by atoms with Gasteiger partial charge in [-0.3, -0.25) is 9.36 Å². The van der Waals surface area contributed by atoms with Crippen LogP contribution in [0, 0.1) is 6.92 Å². The number of benzene rings is 2. The lowest BCUT2D eigenvalue weighted by Crippen LogP contribution is -2.24. The molecule has 3 aromatic rings. The summed E-state index contributed by atoms with van der Waals surface area (Å²) in [7, 11) is 1.62. The Morgan fingerprint density at radius 3 is 2.56 bits per heavy atom. The zero-order valence-corrected chi connectivity index (χ0v) is 16.2. The number of rotatable bonds is 8. The number of thioether (sulfide) groups is 1. The molecule has 0 unspecified atom stereocenters. The minimum absolute atomic E-state index is 0.0449. The molecule has 3 rings (SSSR count). The lowest BCUT2D eigenvalue weighted by Gasteiger charge is -2.10. The summed E-state index contributed by atoms with van der Waals surface area (Å²) in [5.41, 5.74) is 3.22. The van der Waals surface area contributed by atoms with Gasteiger partial charge in [-0.15, -0.1) is 10.2 Å². The van der Waals surface area contributed by atoms with Crippen molar-refractivity contribution in [2.45, 2.75) is 25.2 Å². The number of amides is 1. The van der Waals surface area contributed by atoms with Gasteiger partial charge in [0.1, 0.15) is 6.61 Å². The fourth-order valence-electron chi connectivity index (χ4n) is 2.54. The van der Waals surface area contributed by atoms with E-state index in [0.717, 1.165) is 11.3 Å². The van der Waals surface area contributed by atoms with Crippen molar-refractivity contribution in [3.05, 3.63) is 71.5 Å². The highest BCUT2D eigenvalue weighted by molar-refractivity contribution is 7.99. The van der Waals surface area contributed by atoms with E-state index < -0.39 is 0 Å². The van der Waals surface area contributed by atoms with Gasteiger partial charge in [0.25, 0.3) is 0 Å². The fourth-order valence-corrected chi connectivity index (χ4v) is 3.34. The Morgan fingerprint density at radius 1 is 1.11 bits per heavy atom. The monoisotopic (exact) mass is 382 g/mol. The summed E-state index contributed by atoms with van der Waals surface area (Å²) < 4.78 is 7.13. The summed E-state index contributed by atoms with van der Waals surface area (Å²) >= 11 is 1.36. The van der Waals surface area contributed by atoms with Crippen molar-refractivity contribution in [3.8, 4) is 5.69 Å². The van der Waals surface area contributed by atoms with Gasteiger partial charge in [-0.1, -0.05) is 59.8 Å². The van der Waals surface area contributed by atoms with Crippen LogP contribution in [-0.2, 0) is 22.7 Å². The Bertz CT molecular complexity index is 879. The van der Waals surface area contributed by atoms with Crippen LogP contribution in [0.3, 0.4) is 0 Å². The van der Waals surface area contributed by atoms with Crippen molar-refractivity contribution in [1.29, 1.82) is 0 Å². The van der Waals surface area contributed by atoms with Crippen LogP contribution in [0.5, 0.6) is 0 Å². The molecule has 0 atom stereocenters. The summed E-state index contributed by atoms with van der Waals surface area (Å²) in [5, 5.41) is 12.0. The Labute approximate surface area is 163 Å². The average molecular weight is 382 g/mol. The molecule has 0 radical (unpaired) electrons. The molecular weight excluding hydrogens is 360 g/mol. The SMILES string of the molecule is COCc1nnc(SCC(=O)NCc2ccc(C)cc2)n1-c1ccccc1. The van der Waals surface area contributed by atoms with Gasteiger partial charge in [-0.2, -0.15) is 0 Å². The molecule has 2 aromatic carbocycles. The van der Waals surface area contributed by atoms with Gasteiger partial charge in [0.2, 0.25) is 5.91 Å². The normalized spacial score (nSPS) is 10.7. The number of aryl methyl sites for hydroxylation is 1. The zero-order valence-electron chi connectivity index (χ0n) is 15.4. The summed E-state index contributed by atoms with van der Waals surface area (Å²) in [5.74, 6) is 0.923. The lowest BCUT2D eigenvalue weighted by atomic mass is 10.1. The van der Waals surface area contributed by atoms with E-state index in [0.29, 0.717) is 24.1 Å². The first-order chi connectivity index (χ1) is 13.2. The average Bonchev–Trinajstić information content (AvgIpc) is 3.09. The van der Waals surface area contributed by atoms with Crippen LogP contribution < -0.4 is 5.32 Å². The molecule has 1 aromatic heterocycles. The largest absolute Gasteiger partial charge is 0.377 e. The predicted octanol–water partition coefficient (Wildman–Crippen LogP) is 3.13. The van der Waals surface area contributed by atoms with Crippen molar-refractivity contribution in [2.75, 3.05) is 12.9 Å². The minimum Gasteiger partial charge on any atom is -0.377 e. The lowest BCUT2D eigenvalue weighted by molar-refractivity contribution is -0.118. The van der Waals surface area contributed by atoms with E-state index in [4.69, 9.17) is 4.74 Å². The molecule has 27 heavy (non-hydrogen) atoms. The molecule has 0 aliphatic heterocycles. The number of para-hydroxylation sites is 1. The molecule has 1 amide bonds. The first-order valence-corrected chi connectivity index (χ1v) is 9.59. The third-order valence-electron chi connectivity index (χ3n) is 3.93. The Balaban J connectivity index is 1.63. The van der Waals surface area contributed by atoms with Crippen LogP contribution in [0.1, 0.15) is 17.0 Å². The number of nitrogens with zero attached hydrogens (tertiary/aromatic N) is 3. The second-order valence-electron chi connectivity index (χ2n) is 6.05. The van der Waals surface area contributed by atoms with Crippen molar-refractivity contribution < 1.29 is 9.53 Å². The second-order valence-corrected chi connectivity index (χ2v) is 7.00. The van der Waals surface area contributed by atoms with Crippen LogP contribution >= 0.6 is 11.8 Å². The van der Waals surface area contributed by atoms with Crippen LogP contribution in [0.25, 0.3) is 5.69 Å². The smallest absolute Gasteiger partial charge is 0.230 e. The molecule has 0 bridgehead atoms. The van der Waals surface area contributed by atoms with Gasteiger partial charge in [0, 0.05) is 19.3 Å². The number of methoxy groups -OCH3 is 1. The maximum atomic E-state index is 12.2. The van der Waals surface area contributed by atoms with Crippen LogP contribution in [0.4, 0.5) is 0 Å². The van der Waals surface area contributed by atoms with Gasteiger partial charge < -0.3 is 10.1 Å². The molecule has 0 saturated carbocycles. The van der Waals surface area contributed by atoms with Crippen molar-refractivity contribution >= 4 is 17.7 Å². The van der Waals surface area contributed by atoms with Gasteiger partial charge >= 0.3 is 0 Å². The van der Waals surface area contributed by atoms with E-state index in [-0.39, 0.29) is 11.7 Å². The molecule has 0 spiro atoms. The van der Waals surface area contributed by atoms with E-state index in [1.807, 2.05) is 66.1 Å². The van der Waals surface area contributed by atoms with Gasteiger partial charge in [0.15, 0.2) is 11.0 Å². The molecule has 0 fully saturated rings. The first kappa shape index (κ1) is 19.1. The number of hydrogen-bond donors (Lipinski definition) is 1. The highest BCUT2D eigenvalue weighted by Gasteiger charge is 2.15. The molecule has 0 saturated heterocycles. The van der Waals surface area contributed by atoms with Crippen LogP contribution in [-0.4, -0.2) is 33.5 Å². The second kappa shape index (κ2) is 9.34. The quantitative estimate of drug-likeness (QED) is 0.606. The molecule has 1 N–H and O–H groups in total. The van der Waals surface area contributed by atoms with Crippen LogP contribution in [0.2, 0.25) is 0 Å². The maximum absolute atomic E-state index is 12.2. The van der Waals surface area contributed by atoms with Gasteiger partial charge in [-0.25, -0.2) is 0 Å². The minimum atomic E-state index is -0.0449. The Morgan fingerprint density at radius 2 is 1.85 bits per heavy atom. The third-order valence-corrected chi connectivity index (χ3v) is 4.86. The summed E-state index contributed by atoms with van der Waals surface area (Å²) in [6.45, 7) is 2.90. The fraction of sp³-hybridized carbons (Fsp3) is 0.250. The molecule has 0 aliphatic carbocycles. The van der Waals surface area contributed by atoms with Crippen LogP contribution in [0.15, 0.2) is 59.8 Å². The van der Waals surface area contributed by atoms with E-state index >= 15 is 0 Å². The van der Waals surface area contributed by atoms with E-state index in [2.05, 4.69) is 15.5 Å². The molecule has 0 aliphatic rings. The maximum Gasteiger partial charge on any atom is 0.230 e. The molecule has 140 valence electrons. The molecule has 7 heteroatoms. The molecule has 6 nitrogen and oxygen atoms in total. The number of aromatic nitrogens is 3. The molecule has 1 heterocycles. The van der Waals surface area contributed by atoms with Gasteiger partial charge in [-0.05, 0) is 24.6 Å². The number of carbonyl (C=O) groups excluding carboxylic acids is 1. The highest BCUT2D eigenvalue weighted by atomic mass is 32.2. The summed E-state index contributed by atoms with van der Waals surface area (Å²) in [4.78, 5) is 12.2. The topological polar surface area (TPSA) is 69.0 Å².